The third kappa shape index (κ3) is 16.2. The molecule has 1 N–H and O–H groups in total. The van der Waals surface area contributed by atoms with Crippen LogP contribution >= 0.6 is 11.8 Å². The van der Waals surface area contributed by atoms with Gasteiger partial charge in [-0.2, -0.15) is 11.8 Å². The van der Waals surface area contributed by atoms with E-state index in [-0.39, 0.29) is 0 Å². The Balaban J connectivity index is 2.85. The fraction of sp³-hybridized carbons (Fsp3) is 1.00. The maximum Gasteiger partial charge on any atom is 0.0700 e. The standard InChI is InChI=1S/C13H29NO2S/c1-15-11-12-16-10-7-9-14-8-5-3-4-6-13-17-2/h14H,3-13H2,1-2H3. The molecule has 17 heavy (non-hydrogen) atoms. The van der Waals surface area contributed by atoms with Gasteiger partial charge >= 0.3 is 0 Å². The topological polar surface area (TPSA) is 30.5 Å². The van der Waals surface area contributed by atoms with Crippen LogP contribution in [0.1, 0.15) is 32.1 Å². The number of ether oxygens (including phenoxy) is 2. The number of rotatable bonds is 14. The van der Waals surface area contributed by atoms with E-state index in [0.29, 0.717) is 13.2 Å². The zero-order valence-corrected chi connectivity index (χ0v) is 12.3. The third-order valence-electron chi connectivity index (χ3n) is 2.53. The summed E-state index contributed by atoms with van der Waals surface area (Å²) in [7, 11) is 1.70. The monoisotopic (exact) mass is 263 g/mol. The maximum atomic E-state index is 5.38. The summed E-state index contributed by atoms with van der Waals surface area (Å²) in [6, 6.07) is 0. The second kappa shape index (κ2) is 16.2. The largest absolute Gasteiger partial charge is 0.382 e. The second-order valence-corrected chi connectivity index (χ2v) is 5.10. The lowest BCUT2D eigenvalue weighted by atomic mass is 10.2. The zero-order chi connectivity index (χ0) is 12.6. The molecule has 0 unspecified atom stereocenters. The Morgan fingerprint density at radius 2 is 1.65 bits per heavy atom. The van der Waals surface area contributed by atoms with Gasteiger partial charge in [0.2, 0.25) is 0 Å². The van der Waals surface area contributed by atoms with Crippen LogP contribution in [-0.2, 0) is 9.47 Å². The van der Waals surface area contributed by atoms with Gasteiger partial charge in [-0.3, -0.25) is 0 Å². The summed E-state index contributed by atoms with van der Waals surface area (Å²) in [6.45, 7) is 4.47. The van der Waals surface area contributed by atoms with Crippen molar-refractivity contribution in [2.75, 3.05) is 52.0 Å². The zero-order valence-electron chi connectivity index (χ0n) is 11.5. The van der Waals surface area contributed by atoms with Crippen LogP contribution in [0.15, 0.2) is 0 Å². The smallest absolute Gasteiger partial charge is 0.0700 e. The number of unbranched alkanes of at least 4 members (excludes halogenated alkanes) is 3. The molecule has 0 aliphatic carbocycles. The molecule has 0 aliphatic heterocycles. The lowest BCUT2D eigenvalue weighted by molar-refractivity contribution is 0.0695. The molecule has 0 saturated carbocycles. The minimum absolute atomic E-state index is 0.698. The van der Waals surface area contributed by atoms with Gasteiger partial charge in [-0.25, -0.2) is 0 Å². The van der Waals surface area contributed by atoms with Crippen LogP contribution in [0.25, 0.3) is 0 Å². The molecule has 3 nitrogen and oxygen atoms in total. The van der Waals surface area contributed by atoms with Crippen LogP contribution in [0, 0.1) is 0 Å². The summed E-state index contributed by atoms with van der Waals surface area (Å²) in [6.07, 6.45) is 8.68. The predicted molar refractivity (Wildman–Crippen MR) is 77.0 cm³/mol. The van der Waals surface area contributed by atoms with Gasteiger partial charge in [-0.05, 0) is 44.4 Å². The number of hydrogen-bond donors (Lipinski definition) is 1. The first kappa shape index (κ1) is 17.2. The van der Waals surface area contributed by atoms with Crippen LogP contribution in [0.4, 0.5) is 0 Å². The van der Waals surface area contributed by atoms with Crippen molar-refractivity contribution in [1.82, 2.24) is 5.32 Å². The highest BCUT2D eigenvalue weighted by atomic mass is 32.2. The van der Waals surface area contributed by atoms with E-state index in [1.54, 1.807) is 7.11 Å². The first-order valence-electron chi connectivity index (χ1n) is 6.68. The first-order chi connectivity index (χ1) is 8.41. The molecule has 0 aromatic carbocycles. The van der Waals surface area contributed by atoms with E-state index >= 15 is 0 Å². The molecule has 0 aromatic heterocycles. The Kier molecular flexibility index (Phi) is 16.4. The number of hydrogen-bond acceptors (Lipinski definition) is 4. The summed E-state index contributed by atoms with van der Waals surface area (Å²) in [4.78, 5) is 0. The van der Waals surface area contributed by atoms with Crippen molar-refractivity contribution >= 4 is 11.8 Å². The molecule has 0 fully saturated rings. The highest BCUT2D eigenvalue weighted by molar-refractivity contribution is 7.98. The predicted octanol–water partition coefficient (Wildman–Crippen LogP) is 2.55. The molecule has 0 amide bonds. The van der Waals surface area contributed by atoms with Crippen molar-refractivity contribution in [2.24, 2.45) is 0 Å². The van der Waals surface area contributed by atoms with Crippen molar-refractivity contribution in [3.63, 3.8) is 0 Å². The molecule has 4 heteroatoms. The van der Waals surface area contributed by atoms with Gasteiger partial charge < -0.3 is 14.8 Å². The van der Waals surface area contributed by atoms with Crippen LogP contribution in [0.2, 0.25) is 0 Å². The first-order valence-corrected chi connectivity index (χ1v) is 8.07. The molecule has 0 heterocycles. The van der Waals surface area contributed by atoms with Gasteiger partial charge in [0.15, 0.2) is 0 Å². The maximum absolute atomic E-state index is 5.38. The second-order valence-electron chi connectivity index (χ2n) is 4.12. The lowest BCUT2D eigenvalue weighted by Crippen LogP contribution is -2.18. The molecule has 0 bridgehead atoms. The van der Waals surface area contributed by atoms with E-state index < -0.39 is 0 Å². The van der Waals surface area contributed by atoms with Gasteiger partial charge in [0.25, 0.3) is 0 Å². The molecule has 0 spiro atoms. The molecule has 0 radical (unpaired) electrons. The highest BCUT2D eigenvalue weighted by Gasteiger charge is 1.91. The van der Waals surface area contributed by atoms with E-state index in [1.807, 2.05) is 11.8 Å². The van der Waals surface area contributed by atoms with E-state index in [9.17, 15) is 0 Å². The quantitative estimate of drug-likeness (QED) is 0.488. The third-order valence-corrected chi connectivity index (χ3v) is 3.22. The summed E-state index contributed by atoms with van der Waals surface area (Å²) >= 11 is 1.95. The van der Waals surface area contributed by atoms with Gasteiger partial charge in [0.1, 0.15) is 0 Å². The van der Waals surface area contributed by atoms with E-state index in [1.165, 1.54) is 31.4 Å². The summed E-state index contributed by atoms with van der Waals surface area (Å²) in [5.74, 6) is 1.31. The Hall–Kier alpha value is 0.230. The number of thioether (sulfide) groups is 1. The molecule has 0 rings (SSSR count). The Labute approximate surface area is 111 Å². The number of nitrogens with one attached hydrogen (secondary N) is 1. The summed E-state index contributed by atoms with van der Waals surface area (Å²) in [5, 5.41) is 3.45. The lowest BCUT2D eigenvalue weighted by Gasteiger charge is -2.05. The highest BCUT2D eigenvalue weighted by Crippen LogP contribution is 2.03. The molecular weight excluding hydrogens is 234 g/mol. The van der Waals surface area contributed by atoms with Crippen LogP contribution in [0.3, 0.4) is 0 Å². The van der Waals surface area contributed by atoms with Crippen molar-refractivity contribution in [1.29, 1.82) is 0 Å². The van der Waals surface area contributed by atoms with Crippen molar-refractivity contribution in [2.45, 2.75) is 32.1 Å². The Morgan fingerprint density at radius 3 is 2.41 bits per heavy atom. The van der Waals surface area contributed by atoms with Gasteiger partial charge in [0, 0.05) is 13.7 Å². The number of methoxy groups -OCH3 is 1. The van der Waals surface area contributed by atoms with Crippen molar-refractivity contribution in [3.05, 3.63) is 0 Å². The molecule has 0 atom stereocenters. The minimum atomic E-state index is 0.698. The molecule has 0 aliphatic rings. The summed E-state index contributed by atoms with van der Waals surface area (Å²) < 4.78 is 10.3. The molecule has 0 saturated heterocycles. The fourth-order valence-corrected chi connectivity index (χ4v) is 2.01. The summed E-state index contributed by atoms with van der Waals surface area (Å²) in [5.41, 5.74) is 0. The van der Waals surface area contributed by atoms with Crippen LogP contribution in [-0.4, -0.2) is 52.0 Å². The van der Waals surface area contributed by atoms with E-state index in [4.69, 9.17) is 9.47 Å². The van der Waals surface area contributed by atoms with Gasteiger partial charge in [0.05, 0.1) is 13.2 Å². The average molecular weight is 263 g/mol. The Bertz CT molecular complexity index is 123. The van der Waals surface area contributed by atoms with E-state index in [0.717, 1.165) is 26.1 Å². The van der Waals surface area contributed by atoms with Crippen LogP contribution < -0.4 is 5.32 Å². The molecule has 104 valence electrons. The van der Waals surface area contributed by atoms with Crippen molar-refractivity contribution in [3.8, 4) is 0 Å². The van der Waals surface area contributed by atoms with Crippen molar-refractivity contribution < 1.29 is 9.47 Å². The van der Waals surface area contributed by atoms with Gasteiger partial charge in [-0.15, -0.1) is 0 Å². The minimum Gasteiger partial charge on any atom is -0.382 e. The van der Waals surface area contributed by atoms with Gasteiger partial charge in [-0.1, -0.05) is 12.8 Å². The fourth-order valence-electron chi connectivity index (χ4n) is 1.52. The average Bonchev–Trinajstić information content (AvgIpc) is 2.35. The Morgan fingerprint density at radius 1 is 0.882 bits per heavy atom. The van der Waals surface area contributed by atoms with E-state index in [2.05, 4.69) is 11.6 Å². The molecular formula is C13H29NO2S. The normalized spacial score (nSPS) is 10.9. The van der Waals surface area contributed by atoms with Crippen LogP contribution in [0.5, 0.6) is 0 Å². The molecule has 0 aromatic rings. The SMILES string of the molecule is COCCOCCCNCCCCCCSC.